The standard InChI is InChI=1S/2C22H25NO5.C5H10O/c1-5-19(24)20(22(26)28-4)23(2)21(25)18-12-10-17(11-13-18)16-8-6-15(7-9-16)14-27-3;1-4-19(25)21(20(26)13-24)23(2)22(27)18-11-9-17(10-12-18)16-7-5-15(6-8-16)14-28-3;1-5-3-2-4-6-5/h6-13,20H,5,14H2,1-4H3;5-12,21,24H,4,13-14H2,1-3H3;5H,2-4H2,1H3. The molecule has 1 aliphatic heterocycles. The highest BCUT2D eigenvalue weighted by Crippen LogP contribution is 2.23. The largest absolute Gasteiger partial charge is 0.467 e. The number of amides is 2. The van der Waals surface area contributed by atoms with Crippen LogP contribution in [-0.4, -0.2) is 117 Å². The van der Waals surface area contributed by atoms with E-state index in [9.17, 15) is 28.8 Å². The number of methoxy groups -OCH3 is 3. The maximum Gasteiger partial charge on any atom is 0.336 e. The van der Waals surface area contributed by atoms with E-state index in [2.05, 4.69) is 11.7 Å². The molecule has 4 aromatic rings. The van der Waals surface area contributed by atoms with Crippen LogP contribution in [0.25, 0.3) is 22.3 Å². The number of nitrogens with zero attached hydrogens (tertiary/aromatic N) is 2. The zero-order valence-corrected chi connectivity index (χ0v) is 37.1. The number of likely N-dealkylation sites (N-methyl/N-ethyl adjacent to an activating group) is 2. The molecule has 0 aliphatic carbocycles. The van der Waals surface area contributed by atoms with Crippen LogP contribution in [0.4, 0.5) is 0 Å². The summed E-state index contributed by atoms with van der Waals surface area (Å²) >= 11 is 0. The first-order valence-corrected chi connectivity index (χ1v) is 20.5. The highest BCUT2D eigenvalue weighted by Gasteiger charge is 2.34. The quantitative estimate of drug-likeness (QED) is 0.0882. The number of hydrogen-bond acceptors (Lipinski definition) is 11. The number of ketones is 3. The summed E-state index contributed by atoms with van der Waals surface area (Å²) in [4.78, 5) is 75.7. The molecule has 1 N–H and O–H groups in total. The third kappa shape index (κ3) is 14.4. The van der Waals surface area contributed by atoms with Crippen molar-refractivity contribution in [3.63, 3.8) is 0 Å². The smallest absolute Gasteiger partial charge is 0.336 e. The zero-order chi connectivity index (χ0) is 45.8. The topological polar surface area (TPSA) is 166 Å². The fourth-order valence-corrected chi connectivity index (χ4v) is 6.61. The maximum absolute atomic E-state index is 12.7. The second-order valence-electron chi connectivity index (χ2n) is 14.7. The summed E-state index contributed by atoms with van der Waals surface area (Å²) in [6.07, 6.45) is 3.31. The number of aliphatic hydroxyl groups is 1. The van der Waals surface area contributed by atoms with E-state index in [1.54, 1.807) is 52.3 Å². The van der Waals surface area contributed by atoms with Crippen molar-refractivity contribution in [2.75, 3.05) is 48.6 Å². The van der Waals surface area contributed by atoms with Gasteiger partial charge in [0.15, 0.2) is 29.4 Å². The lowest BCUT2D eigenvalue weighted by atomic mass is 10.0. The zero-order valence-electron chi connectivity index (χ0n) is 37.1. The first-order chi connectivity index (χ1) is 29.7. The van der Waals surface area contributed by atoms with Crippen molar-refractivity contribution < 1.29 is 52.8 Å². The highest BCUT2D eigenvalue weighted by molar-refractivity contribution is 6.11. The van der Waals surface area contributed by atoms with E-state index in [1.165, 1.54) is 34.0 Å². The first kappa shape index (κ1) is 50.5. The van der Waals surface area contributed by atoms with Crippen LogP contribution in [0.15, 0.2) is 97.1 Å². The van der Waals surface area contributed by atoms with Gasteiger partial charge >= 0.3 is 5.97 Å². The summed E-state index contributed by atoms with van der Waals surface area (Å²) < 4.78 is 20.0. The Bertz CT molecular complexity index is 1880. The lowest BCUT2D eigenvalue weighted by Crippen LogP contribution is -2.48. The Morgan fingerprint density at radius 3 is 1.27 bits per heavy atom. The molecular weight excluding hydrogens is 793 g/mol. The van der Waals surface area contributed by atoms with Gasteiger partial charge < -0.3 is 33.9 Å². The number of ether oxygens (including phenoxy) is 4. The molecule has 0 aromatic heterocycles. The van der Waals surface area contributed by atoms with Gasteiger partial charge in [0.1, 0.15) is 6.61 Å². The molecule has 62 heavy (non-hydrogen) atoms. The SMILES string of the molecule is CC1CCCO1.CCC(=O)C(C(=O)CO)N(C)C(=O)c1ccc(-c2ccc(COC)cc2)cc1.CCC(=O)C(C(=O)OC)N(C)C(=O)c1ccc(-c2ccc(COC)cc2)cc1. The average Bonchev–Trinajstić information content (AvgIpc) is 3.80. The molecule has 13 nitrogen and oxygen atoms in total. The molecule has 1 saturated heterocycles. The number of benzene rings is 4. The summed E-state index contributed by atoms with van der Waals surface area (Å²) in [7, 11) is 7.33. The Balaban J connectivity index is 0.000000290. The van der Waals surface area contributed by atoms with Crippen LogP contribution in [0.2, 0.25) is 0 Å². The molecule has 1 aliphatic rings. The molecule has 3 unspecified atom stereocenters. The Hall–Kier alpha value is -5.86. The minimum atomic E-state index is -1.27. The van der Waals surface area contributed by atoms with Crippen LogP contribution < -0.4 is 0 Å². The summed E-state index contributed by atoms with van der Waals surface area (Å²) in [6, 6.07) is 27.4. The molecule has 0 spiro atoms. The molecule has 1 fully saturated rings. The fourth-order valence-electron chi connectivity index (χ4n) is 6.61. The van der Waals surface area contributed by atoms with E-state index >= 15 is 0 Å². The molecule has 3 atom stereocenters. The van der Waals surface area contributed by atoms with Gasteiger partial charge in [-0.05, 0) is 77.4 Å². The molecule has 1 heterocycles. The number of esters is 1. The molecule has 0 radical (unpaired) electrons. The van der Waals surface area contributed by atoms with E-state index in [1.807, 2.05) is 72.8 Å². The Kier molecular flexibility index (Phi) is 21.0. The van der Waals surface area contributed by atoms with Crippen molar-refractivity contribution in [2.45, 2.75) is 77.9 Å². The van der Waals surface area contributed by atoms with Crippen LogP contribution in [0.3, 0.4) is 0 Å². The number of carbonyl (C=O) groups excluding carboxylic acids is 6. The van der Waals surface area contributed by atoms with Crippen molar-refractivity contribution in [1.82, 2.24) is 9.80 Å². The minimum Gasteiger partial charge on any atom is -0.467 e. The van der Waals surface area contributed by atoms with Crippen LogP contribution in [0.1, 0.15) is 78.3 Å². The van der Waals surface area contributed by atoms with E-state index in [-0.39, 0.29) is 18.6 Å². The summed E-state index contributed by atoms with van der Waals surface area (Å²) in [6.45, 7) is 6.68. The van der Waals surface area contributed by atoms with Gasteiger partial charge in [-0.15, -0.1) is 0 Å². The maximum atomic E-state index is 12.7. The lowest BCUT2D eigenvalue weighted by Gasteiger charge is -2.25. The van der Waals surface area contributed by atoms with Crippen molar-refractivity contribution >= 4 is 35.1 Å². The van der Waals surface area contributed by atoms with Gasteiger partial charge in [-0.2, -0.15) is 0 Å². The van der Waals surface area contributed by atoms with E-state index in [0.29, 0.717) is 30.4 Å². The second kappa shape index (κ2) is 25.8. The lowest BCUT2D eigenvalue weighted by molar-refractivity contribution is -0.149. The number of carbonyl (C=O) groups is 6. The number of aliphatic hydroxyl groups excluding tert-OH is 1. The number of hydrogen-bond donors (Lipinski definition) is 1. The van der Waals surface area contributed by atoms with Crippen molar-refractivity contribution in [3.05, 3.63) is 119 Å². The van der Waals surface area contributed by atoms with Crippen LogP contribution in [0.5, 0.6) is 0 Å². The second-order valence-corrected chi connectivity index (χ2v) is 14.7. The first-order valence-electron chi connectivity index (χ1n) is 20.5. The van der Waals surface area contributed by atoms with Crippen molar-refractivity contribution in [2.24, 2.45) is 0 Å². The van der Waals surface area contributed by atoms with E-state index < -0.39 is 48.0 Å². The van der Waals surface area contributed by atoms with Gasteiger partial charge in [0.2, 0.25) is 0 Å². The van der Waals surface area contributed by atoms with Crippen LogP contribution >= 0.6 is 0 Å². The number of rotatable bonds is 17. The molecule has 0 saturated carbocycles. The van der Waals surface area contributed by atoms with Crippen LogP contribution in [0, 0.1) is 0 Å². The highest BCUT2D eigenvalue weighted by atomic mass is 16.5. The molecule has 5 rings (SSSR count). The van der Waals surface area contributed by atoms with Crippen LogP contribution in [-0.2, 0) is 51.3 Å². The molecular formula is C49H60N2O11. The van der Waals surface area contributed by atoms with E-state index in [0.717, 1.165) is 49.8 Å². The Labute approximate surface area is 364 Å². The number of Topliss-reactive ketones (excluding diaryl/α,β-unsaturated/α-hetero) is 3. The summed E-state index contributed by atoms with van der Waals surface area (Å²) in [5, 5.41) is 9.12. The molecule has 13 heteroatoms. The fraction of sp³-hybridized carbons (Fsp3) is 0.388. The van der Waals surface area contributed by atoms with Gasteiger partial charge in [0, 0.05) is 58.9 Å². The predicted molar refractivity (Wildman–Crippen MR) is 236 cm³/mol. The molecule has 0 bridgehead atoms. The average molecular weight is 853 g/mol. The van der Waals surface area contributed by atoms with Crippen molar-refractivity contribution in [3.8, 4) is 22.3 Å². The monoisotopic (exact) mass is 852 g/mol. The van der Waals surface area contributed by atoms with Gasteiger partial charge in [-0.3, -0.25) is 24.0 Å². The Morgan fingerprint density at radius 1 is 0.613 bits per heavy atom. The van der Waals surface area contributed by atoms with E-state index in [4.69, 9.17) is 19.3 Å². The van der Waals surface area contributed by atoms with Gasteiger partial charge in [0.05, 0.1) is 26.4 Å². The summed E-state index contributed by atoms with van der Waals surface area (Å²) in [5.74, 6) is -3.06. The van der Waals surface area contributed by atoms with Crippen molar-refractivity contribution in [1.29, 1.82) is 0 Å². The predicted octanol–water partition coefficient (Wildman–Crippen LogP) is 6.76. The molecule has 4 aromatic carbocycles. The Morgan fingerprint density at radius 2 is 0.984 bits per heavy atom. The molecule has 2 amide bonds. The van der Waals surface area contributed by atoms with Gasteiger partial charge in [-0.25, -0.2) is 4.79 Å². The summed E-state index contributed by atoms with van der Waals surface area (Å²) in [5.41, 5.74) is 6.81. The third-order valence-corrected chi connectivity index (χ3v) is 10.2. The molecule has 332 valence electrons. The third-order valence-electron chi connectivity index (χ3n) is 10.2. The normalized spacial score (nSPS) is 13.9. The van der Waals surface area contributed by atoms with Gasteiger partial charge in [-0.1, -0.05) is 86.6 Å². The van der Waals surface area contributed by atoms with Gasteiger partial charge in [0.25, 0.3) is 11.8 Å². The minimum absolute atomic E-state index is 0.103.